The first-order valence-corrected chi connectivity index (χ1v) is 9.85. The fourth-order valence-corrected chi connectivity index (χ4v) is 4.05. The van der Waals surface area contributed by atoms with Crippen LogP contribution in [0.15, 0.2) is 27.8 Å². The number of imidazole rings is 1. The number of rotatable bonds is 3. The molecule has 0 saturated carbocycles. The minimum Gasteiger partial charge on any atom is -0.312 e. The molecule has 28 heavy (non-hydrogen) atoms. The third-order valence-electron chi connectivity index (χ3n) is 5.63. The molecule has 0 unspecified atom stereocenters. The van der Waals surface area contributed by atoms with Crippen molar-refractivity contribution >= 4 is 22.8 Å². The number of aromatic nitrogens is 4. The summed E-state index contributed by atoms with van der Waals surface area (Å²) in [6.07, 6.45) is 0.915. The van der Waals surface area contributed by atoms with Crippen LogP contribution < -0.4 is 16.1 Å². The summed E-state index contributed by atoms with van der Waals surface area (Å²) in [5.74, 6) is 0.947. The summed E-state index contributed by atoms with van der Waals surface area (Å²) in [5.41, 5.74) is 3.96. The smallest absolute Gasteiger partial charge is 0.312 e. The van der Waals surface area contributed by atoms with E-state index in [-0.39, 0.29) is 17.2 Å². The molecule has 148 valence electrons. The van der Waals surface area contributed by atoms with Crippen LogP contribution in [-0.2, 0) is 20.1 Å². The summed E-state index contributed by atoms with van der Waals surface area (Å²) in [6.45, 7) is 10.2. The van der Waals surface area contributed by atoms with E-state index in [0.717, 1.165) is 31.1 Å². The zero-order valence-electron chi connectivity index (χ0n) is 17.2. The number of hydrogen-bond acceptors (Lipinski definition) is 4. The SMILES string of the molecule is Cc1cccc(N2CCCn3c2nc2c3c(=O)n(CC(C)C)c(=O)n2C)c1C. The standard InChI is InChI=1S/C21H27N5O2/c1-13(2)12-26-19(27)17-18(23(5)21(26)28)22-20-24(10-7-11-25(17)20)16-9-6-8-14(3)15(16)4/h6,8-9,13H,7,10-12H2,1-5H3. The average molecular weight is 381 g/mol. The molecule has 0 spiro atoms. The van der Waals surface area contributed by atoms with Gasteiger partial charge < -0.3 is 9.47 Å². The Hall–Kier alpha value is -2.83. The Morgan fingerprint density at radius 3 is 2.61 bits per heavy atom. The molecule has 7 nitrogen and oxygen atoms in total. The summed E-state index contributed by atoms with van der Waals surface area (Å²) in [6, 6.07) is 6.23. The normalized spacial score (nSPS) is 14.1. The predicted molar refractivity (Wildman–Crippen MR) is 112 cm³/mol. The number of aryl methyl sites for hydroxylation is 3. The number of anilines is 2. The van der Waals surface area contributed by atoms with Gasteiger partial charge in [0.1, 0.15) is 0 Å². The molecule has 3 heterocycles. The molecular formula is C21H27N5O2. The molecule has 0 amide bonds. The van der Waals surface area contributed by atoms with Crippen molar-refractivity contribution in [1.82, 2.24) is 18.7 Å². The van der Waals surface area contributed by atoms with Gasteiger partial charge >= 0.3 is 5.69 Å². The van der Waals surface area contributed by atoms with Gasteiger partial charge in [-0.2, -0.15) is 4.98 Å². The van der Waals surface area contributed by atoms with Crippen molar-refractivity contribution in [3.8, 4) is 0 Å². The second-order valence-electron chi connectivity index (χ2n) is 8.11. The highest BCUT2D eigenvalue weighted by molar-refractivity contribution is 5.77. The number of hydrogen-bond donors (Lipinski definition) is 0. The lowest BCUT2D eigenvalue weighted by Gasteiger charge is -2.30. The van der Waals surface area contributed by atoms with E-state index >= 15 is 0 Å². The highest BCUT2D eigenvalue weighted by Crippen LogP contribution is 2.33. The Labute approximate surface area is 163 Å². The Balaban J connectivity index is 2.00. The second kappa shape index (κ2) is 6.65. The topological polar surface area (TPSA) is 65.1 Å². The van der Waals surface area contributed by atoms with Crippen LogP contribution in [0.4, 0.5) is 11.6 Å². The zero-order valence-corrected chi connectivity index (χ0v) is 17.2. The molecule has 1 aromatic carbocycles. The fourth-order valence-electron chi connectivity index (χ4n) is 4.05. The van der Waals surface area contributed by atoms with Crippen LogP contribution in [0.25, 0.3) is 11.2 Å². The molecule has 0 bridgehead atoms. The van der Waals surface area contributed by atoms with E-state index in [1.54, 1.807) is 7.05 Å². The summed E-state index contributed by atoms with van der Waals surface area (Å²) in [4.78, 5) is 32.9. The molecular weight excluding hydrogens is 354 g/mol. The molecule has 0 radical (unpaired) electrons. The first-order chi connectivity index (χ1) is 13.3. The molecule has 7 heteroatoms. The third kappa shape index (κ3) is 2.68. The van der Waals surface area contributed by atoms with E-state index in [2.05, 4.69) is 30.9 Å². The van der Waals surface area contributed by atoms with E-state index in [0.29, 0.717) is 17.7 Å². The van der Waals surface area contributed by atoms with Gasteiger partial charge in [-0.15, -0.1) is 0 Å². The van der Waals surface area contributed by atoms with Crippen LogP contribution in [-0.4, -0.2) is 25.2 Å². The molecule has 4 rings (SSSR count). The van der Waals surface area contributed by atoms with Crippen molar-refractivity contribution in [3.63, 3.8) is 0 Å². The Bertz CT molecular complexity index is 1180. The van der Waals surface area contributed by atoms with Crippen molar-refractivity contribution in [1.29, 1.82) is 0 Å². The molecule has 2 aromatic heterocycles. The van der Waals surface area contributed by atoms with Gasteiger partial charge in [0.2, 0.25) is 5.95 Å². The van der Waals surface area contributed by atoms with Gasteiger partial charge in [-0.1, -0.05) is 26.0 Å². The van der Waals surface area contributed by atoms with E-state index < -0.39 is 0 Å². The highest BCUT2D eigenvalue weighted by Gasteiger charge is 2.27. The Morgan fingerprint density at radius 1 is 1.14 bits per heavy atom. The summed E-state index contributed by atoms with van der Waals surface area (Å²) in [7, 11) is 1.70. The first kappa shape index (κ1) is 18.5. The maximum absolute atomic E-state index is 13.2. The van der Waals surface area contributed by atoms with E-state index in [4.69, 9.17) is 4.98 Å². The van der Waals surface area contributed by atoms with Gasteiger partial charge in [0.15, 0.2) is 11.2 Å². The van der Waals surface area contributed by atoms with Crippen molar-refractivity contribution < 1.29 is 0 Å². The predicted octanol–water partition coefficient (Wildman–Crippen LogP) is 2.71. The first-order valence-electron chi connectivity index (χ1n) is 9.85. The molecule has 0 aliphatic carbocycles. The number of fused-ring (bicyclic) bond motifs is 3. The molecule has 0 atom stereocenters. The largest absolute Gasteiger partial charge is 0.332 e. The lowest BCUT2D eigenvalue weighted by atomic mass is 10.1. The van der Waals surface area contributed by atoms with E-state index in [1.165, 1.54) is 20.3 Å². The van der Waals surface area contributed by atoms with Gasteiger partial charge in [0.25, 0.3) is 5.56 Å². The van der Waals surface area contributed by atoms with Crippen LogP contribution in [0.3, 0.4) is 0 Å². The maximum atomic E-state index is 13.2. The maximum Gasteiger partial charge on any atom is 0.332 e. The molecule has 0 saturated heterocycles. The lowest BCUT2D eigenvalue weighted by Crippen LogP contribution is -2.41. The summed E-state index contributed by atoms with van der Waals surface area (Å²) in [5, 5.41) is 0. The number of benzene rings is 1. The van der Waals surface area contributed by atoms with Crippen LogP contribution >= 0.6 is 0 Å². The van der Waals surface area contributed by atoms with E-state index in [9.17, 15) is 9.59 Å². The Kier molecular flexibility index (Phi) is 4.40. The molecule has 0 fully saturated rings. The monoisotopic (exact) mass is 381 g/mol. The van der Waals surface area contributed by atoms with Gasteiger partial charge in [-0.25, -0.2) is 4.79 Å². The van der Waals surface area contributed by atoms with Crippen LogP contribution in [0.2, 0.25) is 0 Å². The zero-order chi connectivity index (χ0) is 20.2. The average Bonchev–Trinajstić information content (AvgIpc) is 3.05. The highest BCUT2D eigenvalue weighted by atomic mass is 16.2. The van der Waals surface area contributed by atoms with Gasteiger partial charge in [-0.3, -0.25) is 13.9 Å². The molecule has 1 aliphatic heterocycles. The van der Waals surface area contributed by atoms with Gasteiger partial charge in [0.05, 0.1) is 0 Å². The number of nitrogens with zero attached hydrogens (tertiary/aromatic N) is 5. The second-order valence-corrected chi connectivity index (χ2v) is 8.11. The molecule has 1 aliphatic rings. The minimum absolute atomic E-state index is 0.207. The Morgan fingerprint density at radius 2 is 1.89 bits per heavy atom. The quantitative estimate of drug-likeness (QED) is 0.700. The van der Waals surface area contributed by atoms with E-state index in [1.807, 2.05) is 24.5 Å². The fraction of sp³-hybridized carbons (Fsp3) is 0.476. The van der Waals surface area contributed by atoms with Gasteiger partial charge in [-0.05, 0) is 43.4 Å². The van der Waals surface area contributed by atoms with Crippen molar-refractivity contribution in [2.45, 2.75) is 47.2 Å². The van der Waals surface area contributed by atoms with Crippen LogP contribution in [0, 0.1) is 19.8 Å². The van der Waals surface area contributed by atoms with Crippen molar-refractivity contribution in [2.24, 2.45) is 13.0 Å². The lowest BCUT2D eigenvalue weighted by molar-refractivity contribution is 0.483. The van der Waals surface area contributed by atoms with Crippen LogP contribution in [0.5, 0.6) is 0 Å². The summed E-state index contributed by atoms with van der Waals surface area (Å²) < 4.78 is 4.84. The summed E-state index contributed by atoms with van der Waals surface area (Å²) >= 11 is 0. The minimum atomic E-state index is -0.306. The van der Waals surface area contributed by atoms with Crippen molar-refractivity contribution in [3.05, 3.63) is 50.2 Å². The van der Waals surface area contributed by atoms with Crippen LogP contribution in [0.1, 0.15) is 31.4 Å². The third-order valence-corrected chi connectivity index (χ3v) is 5.63. The molecule has 0 N–H and O–H groups in total. The van der Waals surface area contributed by atoms with Crippen molar-refractivity contribution in [2.75, 3.05) is 11.4 Å². The van der Waals surface area contributed by atoms with Gasteiger partial charge in [0, 0.05) is 32.4 Å². The molecule has 3 aromatic rings.